The Balaban J connectivity index is 1.47. The number of carbonyl (C=O) groups excluding carboxylic acids is 2. The lowest BCUT2D eigenvalue weighted by atomic mass is 10.0. The number of ether oxygens (including phenoxy) is 2. The van der Waals surface area contributed by atoms with E-state index < -0.39 is 36.1 Å². The van der Waals surface area contributed by atoms with Crippen molar-refractivity contribution in [1.29, 1.82) is 0 Å². The molecule has 0 bridgehead atoms. The van der Waals surface area contributed by atoms with Crippen molar-refractivity contribution in [3.05, 3.63) is 90.2 Å². The number of halogens is 1. The van der Waals surface area contributed by atoms with Crippen LogP contribution in [0.3, 0.4) is 0 Å². The lowest BCUT2D eigenvalue weighted by Gasteiger charge is -2.31. The minimum absolute atomic E-state index is 0.0166. The Kier molecular flexibility index (Phi) is 10.6. The number of hydrogen-bond acceptors (Lipinski definition) is 7. The number of amides is 2. The van der Waals surface area contributed by atoms with Gasteiger partial charge in [0.2, 0.25) is 0 Å². The Morgan fingerprint density at radius 1 is 1.10 bits per heavy atom. The third kappa shape index (κ3) is 8.69. The van der Waals surface area contributed by atoms with E-state index in [1.165, 1.54) is 41.1 Å². The zero-order valence-electron chi connectivity index (χ0n) is 23.4. The third-order valence-electron chi connectivity index (χ3n) is 6.59. The van der Waals surface area contributed by atoms with Gasteiger partial charge in [-0.05, 0) is 78.4 Å². The minimum Gasteiger partial charge on any atom is -0.497 e. The summed E-state index contributed by atoms with van der Waals surface area (Å²) in [6, 6.07) is 22.1. The monoisotopic (exact) mass is 581 g/mol. The first-order valence-electron chi connectivity index (χ1n) is 13.5. The smallest absolute Gasteiger partial charge is 0.415 e. The van der Waals surface area contributed by atoms with Gasteiger partial charge in [-0.2, -0.15) is 0 Å². The molecule has 3 aromatic carbocycles. The fraction of sp³-hybridized carbons (Fsp3) is 0.355. The largest absolute Gasteiger partial charge is 0.497 e. The summed E-state index contributed by atoms with van der Waals surface area (Å²) in [7, 11) is 1.62. The van der Waals surface area contributed by atoms with Gasteiger partial charge >= 0.3 is 6.09 Å². The molecule has 0 spiro atoms. The van der Waals surface area contributed by atoms with Crippen LogP contribution in [0, 0.1) is 11.7 Å². The molecule has 10 heteroatoms. The quantitative estimate of drug-likeness (QED) is 0.277. The first-order chi connectivity index (χ1) is 19.7. The van der Waals surface area contributed by atoms with Crippen LogP contribution >= 0.6 is 11.9 Å². The van der Waals surface area contributed by atoms with Gasteiger partial charge in [-0.25, -0.2) is 13.5 Å². The van der Waals surface area contributed by atoms with Crippen molar-refractivity contribution in [3.8, 4) is 5.75 Å². The van der Waals surface area contributed by atoms with Crippen molar-refractivity contribution in [1.82, 2.24) is 9.62 Å². The molecule has 1 fully saturated rings. The van der Waals surface area contributed by atoms with E-state index in [1.807, 2.05) is 54.6 Å². The van der Waals surface area contributed by atoms with Crippen LogP contribution in [-0.2, 0) is 16.0 Å². The minimum atomic E-state index is -1.07. The van der Waals surface area contributed by atoms with Gasteiger partial charge in [0.15, 0.2) is 6.10 Å². The number of aliphatic hydroxyl groups excluding tert-OH is 1. The molecule has 1 aliphatic heterocycles. The normalized spacial score (nSPS) is 16.5. The van der Waals surface area contributed by atoms with Gasteiger partial charge in [-0.15, -0.1) is 0 Å². The molecule has 0 aliphatic carbocycles. The fourth-order valence-corrected chi connectivity index (χ4v) is 5.69. The first kappa shape index (κ1) is 30.4. The molecule has 1 saturated heterocycles. The summed E-state index contributed by atoms with van der Waals surface area (Å²) in [5.41, 5.74) is 1.39. The zero-order valence-corrected chi connectivity index (χ0v) is 24.2. The maximum Gasteiger partial charge on any atom is 0.415 e. The summed E-state index contributed by atoms with van der Waals surface area (Å²) >= 11 is 1.53. The summed E-state index contributed by atoms with van der Waals surface area (Å²) in [6.07, 6.45) is -2.29. The topological polar surface area (TPSA) is 91.3 Å². The number of nitrogens with zero attached hydrogens (tertiary/aromatic N) is 2. The molecule has 0 aromatic heterocycles. The number of nitrogens with one attached hydrogen (secondary N) is 1. The molecule has 3 atom stereocenters. The van der Waals surface area contributed by atoms with Gasteiger partial charge in [0, 0.05) is 23.7 Å². The maximum atomic E-state index is 13.4. The second-order valence-corrected chi connectivity index (χ2v) is 11.5. The van der Waals surface area contributed by atoms with Crippen LogP contribution in [0.5, 0.6) is 5.75 Å². The molecule has 1 aliphatic rings. The van der Waals surface area contributed by atoms with Crippen LogP contribution in [0.15, 0.2) is 83.8 Å². The molecule has 0 saturated carbocycles. The van der Waals surface area contributed by atoms with E-state index in [1.54, 1.807) is 7.11 Å². The number of anilines is 1. The van der Waals surface area contributed by atoms with Crippen molar-refractivity contribution in [2.24, 2.45) is 5.92 Å². The van der Waals surface area contributed by atoms with Crippen LogP contribution in [0.4, 0.5) is 14.9 Å². The molecule has 2 N–H and O–H groups in total. The van der Waals surface area contributed by atoms with Crippen LogP contribution in [0.25, 0.3) is 0 Å². The van der Waals surface area contributed by atoms with E-state index in [2.05, 4.69) is 23.5 Å². The van der Waals surface area contributed by atoms with Crippen molar-refractivity contribution < 1.29 is 28.6 Å². The fourth-order valence-electron chi connectivity index (χ4n) is 4.54. The van der Waals surface area contributed by atoms with Gasteiger partial charge < -0.3 is 19.9 Å². The van der Waals surface area contributed by atoms with Crippen LogP contribution in [0.2, 0.25) is 0 Å². The van der Waals surface area contributed by atoms with E-state index in [-0.39, 0.29) is 6.54 Å². The van der Waals surface area contributed by atoms with Crippen LogP contribution in [-0.4, -0.2) is 66.4 Å². The highest BCUT2D eigenvalue weighted by Gasteiger charge is 2.38. The predicted molar refractivity (Wildman–Crippen MR) is 157 cm³/mol. The summed E-state index contributed by atoms with van der Waals surface area (Å²) in [6.45, 7) is 5.21. The van der Waals surface area contributed by atoms with Gasteiger partial charge in [0.25, 0.3) is 5.91 Å². The Hall–Kier alpha value is -3.60. The molecule has 8 nitrogen and oxygen atoms in total. The number of benzene rings is 3. The van der Waals surface area contributed by atoms with E-state index in [4.69, 9.17) is 9.47 Å². The Morgan fingerprint density at radius 2 is 1.78 bits per heavy atom. The lowest BCUT2D eigenvalue weighted by molar-refractivity contribution is -0.129. The second kappa shape index (κ2) is 14.3. The van der Waals surface area contributed by atoms with Gasteiger partial charge in [0.1, 0.15) is 11.6 Å². The highest BCUT2D eigenvalue weighted by molar-refractivity contribution is 7.97. The highest BCUT2D eigenvalue weighted by Crippen LogP contribution is 2.27. The highest BCUT2D eigenvalue weighted by atomic mass is 32.2. The third-order valence-corrected chi connectivity index (χ3v) is 7.63. The van der Waals surface area contributed by atoms with Crippen molar-refractivity contribution in [2.75, 3.05) is 31.6 Å². The summed E-state index contributed by atoms with van der Waals surface area (Å²) < 4.78 is 26.1. The molecular weight excluding hydrogens is 545 g/mol. The Bertz CT molecular complexity index is 1280. The molecule has 3 unspecified atom stereocenters. The SMILES string of the molecule is COc1ccc(SN(CC(C)C)CC(O)C(Cc2ccccc2)NC(=O)C2CN(c3ccc(F)cc3)C(=O)O2)cc1. The molecule has 2 amide bonds. The lowest BCUT2D eigenvalue weighted by Crippen LogP contribution is -2.52. The number of hydrogen-bond donors (Lipinski definition) is 2. The first-order valence-corrected chi connectivity index (χ1v) is 14.3. The number of rotatable bonds is 13. The predicted octanol–water partition coefficient (Wildman–Crippen LogP) is 4.91. The molecule has 218 valence electrons. The van der Waals surface area contributed by atoms with E-state index in [0.717, 1.165) is 16.2 Å². The molecule has 4 rings (SSSR count). The van der Waals surface area contributed by atoms with Crippen molar-refractivity contribution in [3.63, 3.8) is 0 Å². The van der Waals surface area contributed by atoms with Crippen LogP contribution < -0.4 is 15.0 Å². The molecule has 0 radical (unpaired) electrons. The van der Waals surface area contributed by atoms with Gasteiger partial charge in [-0.1, -0.05) is 44.2 Å². The van der Waals surface area contributed by atoms with Gasteiger partial charge in [-0.3, -0.25) is 9.69 Å². The Morgan fingerprint density at radius 3 is 2.41 bits per heavy atom. The average Bonchev–Trinajstić information content (AvgIpc) is 3.35. The number of methoxy groups -OCH3 is 1. The van der Waals surface area contributed by atoms with Gasteiger partial charge in [0.05, 0.1) is 25.8 Å². The standard InChI is InChI=1S/C31H36FN3O5S/c1-21(2)18-34(41-26-15-13-25(39-3)14-16-26)19-28(36)27(17-22-7-5-4-6-8-22)33-30(37)29-20-35(31(38)40-29)24-11-9-23(32)10-12-24/h4-16,21,27-29,36H,17-20H2,1-3H3,(H,33,37). The van der Waals surface area contributed by atoms with Crippen LogP contribution in [0.1, 0.15) is 19.4 Å². The van der Waals surface area contributed by atoms with E-state index in [9.17, 15) is 19.1 Å². The van der Waals surface area contributed by atoms with E-state index in [0.29, 0.717) is 31.1 Å². The molecule has 1 heterocycles. The summed E-state index contributed by atoms with van der Waals surface area (Å²) in [5, 5.41) is 14.4. The molecular formula is C31H36FN3O5S. The molecule has 41 heavy (non-hydrogen) atoms. The Labute approximate surface area is 244 Å². The molecule has 3 aromatic rings. The van der Waals surface area contributed by atoms with Crippen molar-refractivity contribution in [2.45, 2.75) is 43.4 Å². The number of cyclic esters (lactones) is 1. The maximum absolute atomic E-state index is 13.4. The second-order valence-electron chi connectivity index (χ2n) is 10.3. The summed E-state index contributed by atoms with van der Waals surface area (Å²) in [4.78, 5) is 28.1. The average molecular weight is 582 g/mol. The number of carbonyl (C=O) groups is 2. The van der Waals surface area contributed by atoms with E-state index >= 15 is 0 Å². The van der Waals surface area contributed by atoms with Crippen molar-refractivity contribution >= 4 is 29.6 Å². The zero-order chi connectivity index (χ0) is 29.4. The number of aliphatic hydroxyl groups is 1. The summed E-state index contributed by atoms with van der Waals surface area (Å²) in [5.74, 6) is 0.178.